The Balaban J connectivity index is 2.49. The van der Waals surface area contributed by atoms with Gasteiger partial charge in [0.05, 0.1) is 16.5 Å². The maximum atomic E-state index is 12.6. The summed E-state index contributed by atoms with van der Waals surface area (Å²) >= 11 is 3.26. The lowest BCUT2D eigenvalue weighted by Gasteiger charge is -2.40. The van der Waals surface area contributed by atoms with Crippen molar-refractivity contribution in [3.05, 3.63) is 29.3 Å². The van der Waals surface area contributed by atoms with E-state index in [1.165, 1.54) is 6.07 Å². The molecule has 1 N–H and O–H groups in total. The van der Waals surface area contributed by atoms with E-state index in [0.29, 0.717) is 0 Å². The number of fused-ring (bicyclic) bond motifs is 1. The molecule has 2 rings (SSSR count). The fourth-order valence-electron chi connectivity index (χ4n) is 1.93. The third-order valence-corrected chi connectivity index (χ3v) is 4.57. The molecule has 2 nitrogen and oxygen atoms in total. The number of hydrogen-bond acceptors (Lipinski definition) is 2. The number of rotatable bonds is 0. The van der Waals surface area contributed by atoms with Gasteiger partial charge in [0.15, 0.2) is 0 Å². The summed E-state index contributed by atoms with van der Waals surface area (Å²) in [7, 11) is 0. The number of aliphatic hydroxyl groups excluding tert-OH is 1. The smallest absolute Gasteiger partial charge is 0.416 e. The zero-order chi connectivity index (χ0) is 13.7. The quantitative estimate of drug-likeness (QED) is 0.738. The van der Waals surface area contributed by atoms with Crippen molar-refractivity contribution in [2.45, 2.75) is 36.6 Å². The van der Waals surface area contributed by atoms with E-state index in [4.69, 9.17) is 4.74 Å². The van der Waals surface area contributed by atoms with Crippen molar-refractivity contribution >= 4 is 15.9 Å². The molecule has 0 aliphatic carbocycles. The van der Waals surface area contributed by atoms with Gasteiger partial charge in [-0.3, -0.25) is 0 Å². The monoisotopic (exact) mass is 324 g/mol. The van der Waals surface area contributed by atoms with Crippen LogP contribution >= 0.6 is 15.9 Å². The number of alkyl halides is 4. The molecule has 18 heavy (non-hydrogen) atoms. The highest BCUT2D eigenvalue weighted by Crippen LogP contribution is 2.45. The van der Waals surface area contributed by atoms with Crippen LogP contribution in [0, 0.1) is 0 Å². The maximum absolute atomic E-state index is 12.6. The molecule has 0 unspecified atom stereocenters. The van der Waals surface area contributed by atoms with Gasteiger partial charge in [0.2, 0.25) is 0 Å². The third kappa shape index (κ3) is 2.23. The van der Waals surface area contributed by atoms with Gasteiger partial charge in [-0.25, -0.2) is 0 Å². The summed E-state index contributed by atoms with van der Waals surface area (Å²) in [5.74, 6) is 0.288. The highest BCUT2D eigenvalue weighted by molar-refractivity contribution is 9.09. The summed E-state index contributed by atoms with van der Waals surface area (Å²) in [6.45, 7) is 3.52. The fraction of sp³-hybridized carbons (Fsp3) is 0.500. The molecule has 0 spiro atoms. The van der Waals surface area contributed by atoms with Crippen LogP contribution in [0.15, 0.2) is 18.2 Å². The lowest BCUT2D eigenvalue weighted by molar-refractivity contribution is -0.137. The minimum atomic E-state index is -4.43. The van der Waals surface area contributed by atoms with Crippen LogP contribution in [-0.4, -0.2) is 15.5 Å². The fourth-order valence-corrected chi connectivity index (χ4v) is 2.30. The lowest BCUT2D eigenvalue weighted by Crippen LogP contribution is -2.45. The Hall–Kier alpha value is -0.750. The van der Waals surface area contributed by atoms with E-state index in [1.807, 2.05) is 0 Å². The molecule has 0 saturated carbocycles. The SMILES string of the molecule is CC1(C)Oc2ccc(C(F)(F)F)cc2[C@@H](O)[C@@H]1Br. The molecule has 0 aromatic heterocycles. The first kappa shape index (κ1) is 13.7. The molecular formula is C12H12BrF3O2. The number of hydrogen-bond donors (Lipinski definition) is 1. The van der Waals surface area contributed by atoms with Crippen molar-refractivity contribution < 1.29 is 23.0 Å². The van der Waals surface area contributed by atoms with Crippen LogP contribution in [-0.2, 0) is 6.18 Å². The Kier molecular flexibility index (Phi) is 3.14. The van der Waals surface area contributed by atoms with E-state index in [9.17, 15) is 18.3 Å². The Morgan fingerprint density at radius 1 is 1.33 bits per heavy atom. The minimum absolute atomic E-state index is 0.158. The van der Waals surface area contributed by atoms with Gasteiger partial charge in [0.25, 0.3) is 0 Å². The summed E-state index contributed by atoms with van der Waals surface area (Å²) in [6.07, 6.45) is -5.46. The van der Waals surface area contributed by atoms with Crippen LogP contribution in [0.25, 0.3) is 0 Å². The largest absolute Gasteiger partial charge is 0.486 e. The summed E-state index contributed by atoms with van der Waals surface area (Å²) < 4.78 is 43.4. The standard InChI is InChI=1S/C12H12BrF3O2/c1-11(2)10(13)9(17)7-5-6(12(14,15)16)3-4-8(7)18-11/h3-5,9-10,17H,1-2H3/t9-,10+/m1/s1. The van der Waals surface area contributed by atoms with Gasteiger partial charge >= 0.3 is 6.18 Å². The number of benzene rings is 1. The van der Waals surface area contributed by atoms with E-state index in [-0.39, 0.29) is 11.3 Å². The molecule has 2 atom stereocenters. The van der Waals surface area contributed by atoms with E-state index in [1.54, 1.807) is 13.8 Å². The first-order valence-corrected chi connectivity index (χ1v) is 6.27. The van der Waals surface area contributed by atoms with Crippen LogP contribution in [0.4, 0.5) is 13.2 Å². The third-order valence-electron chi connectivity index (χ3n) is 2.97. The van der Waals surface area contributed by atoms with Gasteiger partial charge in [-0.2, -0.15) is 13.2 Å². The van der Waals surface area contributed by atoms with Crippen LogP contribution in [0.3, 0.4) is 0 Å². The predicted octanol–water partition coefficient (Wildman–Crippen LogP) is 3.67. The molecule has 0 fully saturated rings. The van der Waals surface area contributed by atoms with Crippen LogP contribution in [0.2, 0.25) is 0 Å². The summed E-state index contributed by atoms with van der Waals surface area (Å²) in [5, 5.41) is 10.1. The highest BCUT2D eigenvalue weighted by atomic mass is 79.9. The number of ether oxygens (including phenoxy) is 1. The molecule has 1 heterocycles. The Morgan fingerprint density at radius 2 is 1.94 bits per heavy atom. The molecule has 1 aromatic carbocycles. The molecule has 1 aliphatic heterocycles. The molecule has 0 amide bonds. The average molecular weight is 325 g/mol. The molecule has 0 radical (unpaired) electrons. The van der Waals surface area contributed by atoms with Gasteiger partial charge in [-0.15, -0.1) is 0 Å². The van der Waals surface area contributed by atoms with Crippen molar-refractivity contribution in [3.63, 3.8) is 0 Å². The number of halogens is 4. The van der Waals surface area contributed by atoms with Crippen LogP contribution in [0.1, 0.15) is 31.1 Å². The molecule has 1 aliphatic rings. The molecule has 6 heteroatoms. The van der Waals surface area contributed by atoms with Gasteiger partial charge in [-0.05, 0) is 32.0 Å². The van der Waals surface area contributed by atoms with E-state index in [0.717, 1.165) is 12.1 Å². The average Bonchev–Trinajstić information content (AvgIpc) is 2.24. The first-order valence-electron chi connectivity index (χ1n) is 5.35. The summed E-state index contributed by atoms with van der Waals surface area (Å²) in [6, 6.07) is 3.14. The van der Waals surface area contributed by atoms with E-state index < -0.39 is 28.3 Å². The Morgan fingerprint density at radius 3 is 2.50 bits per heavy atom. The lowest BCUT2D eigenvalue weighted by atomic mass is 9.90. The second-order valence-corrected chi connectivity index (χ2v) is 5.79. The second-order valence-electron chi connectivity index (χ2n) is 4.80. The van der Waals surface area contributed by atoms with Crippen molar-refractivity contribution in [2.24, 2.45) is 0 Å². The Labute approximate surface area is 111 Å². The molecule has 0 bridgehead atoms. The van der Waals surface area contributed by atoms with Crippen LogP contribution in [0.5, 0.6) is 5.75 Å². The molecule has 1 aromatic rings. The first-order chi connectivity index (χ1) is 8.13. The van der Waals surface area contributed by atoms with Gasteiger partial charge < -0.3 is 9.84 Å². The second kappa shape index (κ2) is 4.13. The van der Waals surface area contributed by atoms with Gasteiger partial charge in [0, 0.05) is 5.56 Å². The van der Waals surface area contributed by atoms with Crippen LogP contribution < -0.4 is 4.74 Å². The maximum Gasteiger partial charge on any atom is 0.416 e. The van der Waals surface area contributed by atoms with Crippen molar-refractivity contribution in [1.82, 2.24) is 0 Å². The predicted molar refractivity (Wildman–Crippen MR) is 63.8 cm³/mol. The zero-order valence-corrected chi connectivity index (χ0v) is 11.3. The molecule has 0 saturated heterocycles. The van der Waals surface area contributed by atoms with Crippen molar-refractivity contribution in [3.8, 4) is 5.75 Å². The minimum Gasteiger partial charge on any atom is -0.486 e. The molecule has 100 valence electrons. The summed E-state index contributed by atoms with van der Waals surface area (Å²) in [4.78, 5) is -0.471. The van der Waals surface area contributed by atoms with Crippen molar-refractivity contribution in [1.29, 1.82) is 0 Å². The topological polar surface area (TPSA) is 29.5 Å². The van der Waals surface area contributed by atoms with Gasteiger partial charge in [0.1, 0.15) is 11.4 Å². The zero-order valence-electron chi connectivity index (χ0n) is 9.75. The Bertz CT molecular complexity index is 471. The van der Waals surface area contributed by atoms with Crippen molar-refractivity contribution in [2.75, 3.05) is 0 Å². The van der Waals surface area contributed by atoms with E-state index >= 15 is 0 Å². The number of aliphatic hydroxyl groups is 1. The highest BCUT2D eigenvalue weighted by Gasteiger charge is 2.43. The summed E-state index contributed by atoms with van der Waals surface area (Å²) in [5.41, 5.74) is -1.32. The van der Waals surface area contributed by atoms with E-state index in [2.05, 4.69) is 15.9 Å². The normalized spacial score (nSPS) is 26.4. The van der Waals surface area contributed by atoms with Gasteiger partial charge in [-0.1, -0.05) is 15.9 Å². The molecular weight excluding hydrogens is 313 g/mol.